The van der Waals surface area contributed by atoms with Crippen molar-refractivity contribution in [2.45, 2.75) is 99.3 Å². The molecule has 172 valence electrons. The summed E-state index contributed by atoms with van der Waals surface area (Å²) in [5.41, 5.74) is 4.11. The van der Waals surface area contributed by atoms with E-state index in [1.54, 1.807) is 0 Å². The summed E-state index contributed by atoms with van der Waals surface area (Å²) in [7, 11) is 0. The first kappa shape index (κ1) is 23.0. The van der Waals surface area contributed by atoms with Crippen molar-refractivity contribution in [1.29, 1.82) is 0 Å². The Bertz CT molecular complexity index is 817. The molecule has 0 aromatic carbocycles. The summed E-state index contributed by atoms with van der Waals surface area (Å²) in [4.78, 5) is 26.2. The lowest BCUT2D eigenvalue weighted by Crippen LogP contribution is -2.50. The molecular formula is C29H44O2. The van der Waals surface area contributed by atoms with Crippen LogP contribution in [-0.4, -0.2) is 11.6 Å². The van der Waals surface area contributed by atoms with Gasteiger partial charge in [0.2, 0.25) is 0 Å². The van der Waals surface area contributed by atoms with E-state index in [0.29, 0.717) is 47.6 Å². The molecular weight excluding hydrogens is 380 g/mol. The summed E-state index contributed by atoms with van der Waals surface area (Å²) in [6.45, 7) is 18.1. The minimum Gasteiger partial charge on any atom is -0.299 e. The van der Waals surface area contributed by atoms with E-state index in [4.69, 9.17) is 0 Å². The second kappa shape index (κ2) is 7.99. The molecule has 7 atom stereocenters. The highest BCUT2D eigenvalue weighted by Gasteiger charge is 2.59. The van der Waals surface area contributed by atoms with Crippen LogP contribution in [0.1, 0.15) is 99.3 Å². The van der Waals surface area contributed by atoms with Gasteiger partial charge in [-0.05, 0) is 85.4 Å². The molecule has 0 aromatic rings. The summed E-state index contributed by atoms with van der Waals surface area (Å²) in [5.74, 6) is 3.71. The molecule has 0 unspecified atom stereocenters. The average Bonchev–Trinajstić information content (AvgIpc) is 3.05. The topological polar surface area (TPSA) is 34.1 Å². The number of hydrogen-bond acceptors (Lipinski definition) is 2. The Morgan fingerprint density at radius 2 is 1.81 bits per heavy atom. The van der Waals surface area contributed by atoms with Gasteiger partial charge in [0, 0.05) is 24.3 Å². The van der Waals surface area contributed by atoms with Gasteiger partial charge in [0.15, 0.2) is 5.78 Å². The van der Waals surface area contributed by atoms with Gasteiger partial charge in [-0.3, -0.25) is 9.59 Å². The van der Waals surface area contributed by atoms with Crippen molar-refractivity contribution in [2.75, 3.05) is 0 Å². The molecule has 0 aromatic heterocycles. The van der Waals surface area contributed by atoms with E-state index in [9.17, 15) is 9.59 Å². The Labute approximate surface area is 190 Å². The summed E-state index contributed by atoms with van der Waals surface area (Å²) in [5, 5.41) is 0. The fraction of sp³-hybridized carbons (Fsp3) is 0.793. The molecule has 2 saturated carbocycles. The Morgan fingerprint density at radius 1 is 1.10 bits per heavy atom. The molecule has 0 N–H and O–H groups in total. The van der Waals surface area contributed by atoms with Crippen molar-refractivity contribution >= 4 is 11.6 Å². The van der Waals surface area contributed by atoms with Crippen LogP contribution in [0.25, 0.3) is 0 Å². The van der Waals surface area contributed by atoms with Crippen molar-refractivity contribution in [3.05, 3.63) is 23.3 Å². The first-order valence-corrected chi connectivity index (χ1v) is 13.0. The van der Waals surface area contributed by atoms with Crippen LogP contribution in [0, 0.1) is 46.3 Å². The van der Waals surface area contributed by atoms with Crippen LogP contribution in [0.5, 0.6) is 0 Å². The van der Waals surface area contributed by atoms with E-state index in [1.165, 1.54) is 36.0 Å². The molecule has 0 spiro atoms. The maximum atomic E-state index is 13.8. The quantitative estimate of drug-likeness (QED) is 0.433. The van der Waals surface area contributed by atoms with E-state index >= 15 is 0 Å². The van der Waals surface area contributed by atoms with Crippen LogP contribution in [-0.2, 0) is 9.59 Å². The maximum absolute atomic E-state index is 13.8. The Morgan fingerprint density at radius 3 is 2.48 bits per heavy atom. The number of ketones is 2. The van der Waals surface area contributed by atoms with Crippen molar-refractivity contribution in [2.24, 2.45) is 46.3 Å². The lowest BCUT2D eigenvalue weighted by atomic mass is 9.48. The molecule has 4 rings (SSSR count). The van der Waals surface area contributed by atoms with E-state index in [0.717, 1.165) is 32.1 Å². The third-order valence-corrected chi connectivity index (χ3v) is 10.5. The zero-order chi connectivity index (χ0) is 22.7. The number of fused-ring (bicyclic) bond motifs is 4. The predicted octanol–water partition coefficient (Wildman–Crippen LogP) is 7.33. The van der Waals surface area contributed by atoms with Crippen molar-refractivity contribution in [3.63, 3.8) is 0 Å². The van der Waals surface area contributed by atoms with E-state index in [1.807, 2.05) is 0 Å². The molecule has 4 aliphatic carbocycles. The van der Waals surface area contributed by atoms with Gasteiger partial charge in [-0.15, -0.1) is 0 Å². The fourth-order valence-corrected chi connectivity index (χ4v) is 8.46. The zero-order valence-electron chi connectivity index (χ0n) is 20.9. The molecule has 0 aliphatic heterocycles. The van der Waals surface area contributed by atoms with E-state index in [-0.39, 0.29) is 16.7 Å². The summed E-state index contributed by atoms with van der Waals surface area (Å²) in [6.07, 6.45) is 9.22. The Kier molecular flexibility index (Phi) is 5.93. The molecule has 0 bridgehead atoms. The molecule has 4 aliphatic rings. The van der Waals surface area contributed by atoms with Gasteiger partial charge < -0.3 is 0 Å². The Hall–Kier alpha value is -1.18. The number of rotatable bonds is 5. The summed E-state index contributed by atoms with van der Waals surface area (Å²) < 4.78 is 0. The third-order valence-electron chi connectivity index (χ3n) is 10.5. The second-order valence-corrected chi connectivity index (χ2v) is 12.4. The van der Waals surface area contributed by atoms with Gasteiger partial charge in [0.1, 0.15) is 5.78 Å². The van der Waals surface area contributed by atoms with Crippen LogP contribution < -0.4 is 0 Å². The number of carbonyl (C=O) groups excluding carboxylic acids is 2. The predicted molar refractivity (Wildman–Crippen MR) is 128 cm³/mol. The van der Waals surface area contributed by atoms with Crippen LogP contribution in [0.15, 0.2) is 23.3 Å². The van der Waals surface area contributed by atoms with Crippen molar-refractivity contribution < 1.29 is 9.59 Å². The number of Topliss-reactive ketones (excluding diaryl/α,β-unsaturated/α-hetero) is 2. The highest BCUT2D eigenvalue weighted by Crippen LogP contribution is 2.65. The average molecular weight is 425 g/mol. The zero-order valence-corrected chi connectivity index (χ0v) is 20.9. The minimum atomic E-state index is -0.0714. The molecule has 2 fully saturated rings. The van der Waals surface area contributed by atoms with Gasteiger partial charge in [-0.2, -0.15) is 0 Å². The first-order chi connectivity index (χ1) is 14.5. The maximum Gasteiger partial charge on any atom is 0.159 e. The SMILES string of the molecule is C=C(CC[C@@H](C)[C@H]1CC[C@H]2C3=C(C(=O)C[C@]12C)[C@@]1(C)CCC(=O)[C@@H](C)[C@@H]1CC3)C(C)C. The van der Waals surface area contributed by atoms with E-state index < -0.39 is 0 Å². The molecule has 0 amide bonds. The van der Waals surface area contributed by atoms with Crippen LogP contribution >= 0.6 is 0 Å². The monoisotopic (exact) mass is 424 g/mol. The van der Waals surface area contributed by atoms with Gasteiger partial charge in [-0.25, -0.2) is 0 Å². The second-order valence-electron chi connectivity index (χ2n) is 12.4. The fourth-order valence-electron chi connectivity index (χ4n) is 8.46. The highest BCUT2D eigenvalue weighted by atomic mass is 16.1. The molecule has 0 radical (unpaired) electrons. The van der Waals surface area contributed by atoms with Crippen LogP contribution in [0.3, 0.4) is 0 Å². The lowest BCUT2D eigenvalue weighted by Gasteiger charge is -2.54. The van der Waals surface area contributed by atoms with Gasteiger partial charge in [0.25, 0.3) is 0 Å². The van der Waals surface area contributed by atoms with Gasteiger partial charge >= 0.3 is 0 Å². The number of allylic oxidation sites excluding steroid dienone is 3. The number of carbonyl (C=O) groups is 2. The largest absolute Gasteiger partial charge is 0.299 e. The van der Waals surface area contributed by atoms with Crippen LogP contribution in [0.4, 0.5) is 0 Å². The van der Waals surface area contributed by atoms with E-state index in [2.05, 4.69) is 48.1 Å². The molecule has 0 saturated heterocycles. The first-order valence-electron chi connectivity index (χ1n) is 13.0. The molecule has 31 heavy (non-hydrogen) atoms. The summed E-state index contributed by atoms with van der Waals surface area (Å²) in [6, 6.07) is 0. The highest BCUT2D eigenvalue weighted by molar-refractivity contribution is 6.00. The smallest absolute Gasteiger partial charge is 0.159 e. The van der Waals surface area contributed by atoms with Crippen molar-refractivity contribution in [1.82, 2.24) is 0 Å². The van der Waals surface area contributed by atoms with Gasteiger partial charge in [-0.1, -0.05) is 59.3 Å². The lowest BCUT2D eigenvalue weighted by molar-refractivity contribution is -0.133. The standard InChI is InChI=1S/C29H44O2/c1-17(2)18(3)8-9-19(4)22-12-13-24-21-10-11-23-20(5)25(30)14-15-28(23,6)27(21)26(31)16-29(22,24)7/h17,19-20,22-24H,3,8-16H2,1-2,4-7H3/t19-,20+,22-,23+,24+,28+,29-/m1/s1. The number of hydrogen-bond donors (Lipinski definition) is 0. The molecule has 0 heterocycles. The molecule has 2 nitrogen and oxygen atoms in total. The van der Waals surface area contributed by atoms with Crippen molar-refractivity contribution in [3.8, 4) is 0 Å². The minimum absolute atomic E-state index is 0.0714. The molecule has 2 heteroatoms. The summed E-state index contributed by atoms with van der Waals surface area (Å²) >= 11 is 0. The third kappa shape index (κ3) is 3.51. The Balaban J connectivity index is 1.61. The van der Waals surface area contributed by atoms with Gasteiger partial charge in [0.05, 0.1) is 0 Å². The normalized spacial score (nSPS) is 41.1. The van der Waals surface area contributed by atoms with Crippen LogP contribution in [0.2, 0.25) is 0 Å².